The van der Waals surface area contributed by atoms with E-state index in [1.807, 2.05) is 0 Å². The summed E-state index contributed by atoms with van der Waals surface area (Å²) in [7, 11) is 8.43. The van der Waals surface area contributed by atoms with Crippen molar-refractivity contribution in [3.05, 3.63) is 35.7 Å². The van der Waals surface area contributed by atoms with Crippen LogP contribution in [0.4, 0.5) is 11.4 Å². The molecule has 0 amide bonds. The number of aryl methyl sites for hydroxylation is 2. The maximum absolute atomic E-state index is 4.95. The van der Waals surface area contributed by atoms with Gasteiger partial charge in [0.2, 0.25) is 0 Å². The van der Waals surface area contributed by atoms with E-state index in [4.69, 9.17) is 9.97 Å². The van der Waals surface area contributed by atoms with E-state index in [0.717, 1.165) is 83.6 Å². The average Bonchev–Trinajstić information content (AvgIpc) is 2.68. The number of nitrogens with zero attached hydrogens (tertiary/aromatic N) is 4. The van der Waals surface area contributed by atoms with E-state index in [2.05, 4.69) is 86.7 Å². The van der Waals surface area contributed by atoms with Crippen LogP contribution in [0.1, 0.15) is 24.2 Å². The van der Waals surface area contributed by atoms with Crippen molar-refractivity contribution in [2.75, 3.05) is 65.0 Å². The van der Waals surface area contributed by atoms with Crippen LogP contribution in [0.5, 0.6) is 0 Å². The van der Waals surface area contributed by atoms with Crippen molar-refractivity contribution in [1.29, 1.82) is 0 Å². The first kappa shape index (κ1) is 22.2. The standard InChI is InChI=1S/C24H36N6/c1-17-15-22(26-12-8-14-30(5)6)20-10-9-19-16-21(25-11-7-13-29(3)4)18(2)28-23(19)24(20)27-17/h9-10,15-16,25H,7-8,11-14H2,1-6H3,(H,26,27). The summed E-state index contributed by atoms with van der Waals surface area (Å²) in [4.78, 5) is 14.2. The van der Waals surface area contributed by atoms with Crippen LogP contribution in [0.15, 0.2) is 24.3 Å². The van der Waals surface area contributed by atoms with Crippen LogP contribution in [-0.2, 0) is 0 Å². The molecule has 3 rings (SSSR count). The second-order valence-corrected chi connectivity index (χ2v) is 8.63. The summed E-state index contributed by atoms with van der Waals surface area (Å²) in [6.07, 6.45) is 2.20. The van der Waals surface area contributed by atoms with Gasteiger partial charge in [0.1, 0.15) is 0 Å². The Balaban J connectivity index is 1.87. The molecule has 162 valence electrons. The van der Waals surface area contributed by atoms with Crippen LogP contribution in [-0.4, -0.2) is 74.1 Å². The fourth-order valence-corrected chi connectivity index (χ4v) is 3.70. The van der Waals surface area contributed by atoms with Gasteiger partial charge in [0.25, 0.3) is 0 Å². The fraction of sp³-hybridized carbons (Fsp3) is 0.500. The van der Waals surface area contributed by atoms with Gasteiger partial charge in [-0.15, -0.1) is 0 Å². The molecule has 0 saturated carbocycles. The summed E-state index contributed by atoms with van der Waals surface area (Å²) >= 11 is 0. The van der Waals surface area contributed by atoms with E-state index in [-0.39, 0.29) is 0 Å². The second kappa shape index (κ2) is 10.0. The summed E-state index contributed by atoms with van der Waals surface area (Å²) < 4.78 is 0. The molecule has 3 aromatic rings. The van der Waals surface area contributed by atoms with E-state index in [9.17, 15) is 0 Å². The van der Waals surface area contributed by atoms with E-state index >= 15 is 0 Å². The maximum atomic E-state index is 4.95. The highest BCUT2D eigenvalue weighted by atomic mass is 15.1. The molecule has 0 aliphatic rings. The third kappa shape index (κ3) is 5.58. The number of nitrogens with one attached hydrogen (secondary N) is 2. The highest BCUT2D eigenvalue weighted by molar-refractivity contribution is 6.08. The van der Waals surface area contributed by atoms with Gasteiger partial charge in [-0.05, 0) is 86.2 Å². The van der Waals surface area contributed by atoms with Crippen LogP contribution < -0.4 is 10.6 Å². The molecule has 6 heteroatoms. The maximum Gasteiger partial charge on any atom is 0.0988 e. The van der Waals surface area contributed by atoms with Gasteiger partial charge in [0.05, 0.1) is 22.4 Å². The molecule has 0 atom stereocenters. The predicted octanol–water partition coefficient (Wildman–Crippen LogP) is 4.13. The lowest BCUT2D eigenvalue weighted by atomic mass is 10.1. The van der Waals surface area contributed by atoms with Crippen molar-refractivity contribution in [3.63, 3.8) is 0 Å². The van der Waals surface area contributed by atoms with E-state index in [1.165, 1.54) is 0 Å². The summed E-state index contributed by atoms with van der Waals surface area (Å²) in [6.45, 7) is 8.16. The minimum atomic E-state index is 0.942. The third-order valence-corrected chi connectivity index (χ3v) is 5.28. The first-order chi connectivity index (χ1) is 14.3. The summed E-state index contributed by atoms with van der Waals surface area (Å²) in [5.74, 6) is 0. The summed E-state index contributed by atoms with van der Waals surface area (Å²) in [5.41, 5.74) is 6.23. The first-order valence-electron chi connectivity index (χ1n) is 10.8. The zero-order valence-electron chi connectivity index (χ0n) is 19.3. The van der Waals surface area contributed by atoms with Gasteiger partial charge in [-0.3, -0.25) is 4.98 Å². The lowest BCUT2D eigenvalue weighted by Crippen LogP contribution is -2.16. The summed E-state index contributed by atoms with van der Waals surface area (Å²) in [6, 6.07) is 8.68. The highest BCUT2D eigenvalue weighted by Crippen LogP contribution is 2.31. The van der Waals surface area contributed by atoms with Gasteiger partial charge < -0.3 is 20.4 Å². The molecule has 0 aliphatic carbocycles. The lowest BCUT2D eigenvalue weighted by Gasteiger charge is -2.15. The number of benzene rings is 1. The van der Waals surface area contributed by atoms with Crippen molar-refractivity contribution in [1.82, 2.24) is 19.8 Å². The van der Waals surface area contributed by atoms with Gasteiger partial charge >= 0.3 is 0 Å². The minimum Gasteiger partial charge on any atom is -0.384 e. The monoisotopic (exact) mass is 408 g/mol. The molecule has 0 unspecified atom stereocenters. The van der Waals surface area contributed by atoms with Gasteiger partial charge in [0.15, 0.2) is 0 Å². The smallest absolute Gasteiger partial charge is 0.0988 e. The fourth-order valence-electron chi connectivity index (χ4n) is 3.70. The van der Waals surface area contributed by atoms with Crippen molar-refractivity contribution in [2.24, 2.45) is 0 Å². The molecule has 1 aromatic carbocycles. The Kier molecular flexibility index (Phi) is 7.45. The molecule has 0 saturated heterocycles. The number of hydrogen-bond acceptors (Lipinski definition) is 6. The molecule has 2 N–H and O–H groups in total. The average molecular weight is 409 g/mol. The Bertz CT molecular complexity index is 996. The summed E-state index contributed by atoms with van der Waals surface area (Å²) in [5, 5.41) is 9.42. The van der Waals surface area contributed by atoms with Gasteiger partial charge in [-0.25, -0.2) is 4.98 Å². The number of rotatable bonds is 10. The zero-order valence-corrected chi connectivity index (χ0v) is 19.3. The van der Waals surface area contributed by atoms with Crippen molar-refractivity contribution in [3.8, 4) is 0 Å². The largest absolute Gasteiger partial charge is 0.384 e. The van der Waals surface area contributed by atoms with Crippen LogP contribution in [0.2, 0.25) is 0 Å². The number of anilines is 2. The Hall–Kier alpha value is -2.44. The predicted molar refractivity (Wildman–Crippen MR) is 130 cm³/mol. The molecule has 0 radical (unpaired) electrons. The van der Waals surface area contributed by atoms with Crippen molar-refractivity contribution >= 4 is 33.2 Å². The number of hydrogen-bond donors (Lipinski definition) is 2. The SMILES string of the molecule is Cc1cc(NCCCN(C)C)c2ccc3cc(NCCCN(C)C)c(C)nc3c2n1. The molecule has 0 bridgehead atoms. The minimum absolute atomic E-state index is 0.942. The van der Waals surface area contributed by atoms with Crippen molar-refractivity contribution in [2.45, 2.75) is 26.7 Å². The van der Waals surface area contributed by atoms with Gasteiger partial charge in [-0.1, -0.05) is 6.07 Å². The molecule has 0 fully saturated rings. The molecule has 0 spiro atoms. The Morgan fingerprint density at radius 2 is 1.40 bits per heavy atom. The molecule has 6 nitrogen and oxygen atoms in total. The molecule has 30 heavy (non-hydrogen) atoms. The quantitative estimate of drug-likeness (QED) is 0.389. The Morgan fingerprint density at radius 3 is 2.03 bits per heavy atom. The van der Waals surface area contributed by atoms with E-state index in [0.29, 0.717) is 0 Å². The molecule has 0 aliphatic heterocycles. The Labute approximate surface area is 180 Å². The topological polar surface area (TPSA) is 56.3 Å². The van der Waals surface area contributed by atoms with E-state index < -0.39 is 0 Å². The molecular weight excluding hydrogens is 372 g/mol. The Morgan fingerprint density at radius 1 is 0.767 bits per heavy atom. The zero-order chi connectivity index (χ0) is 21.7. The number of pyridine rings is 2. The van der Waals surface area contributed by atoms with Gasteiger partial charge in [-0.2, -0.15) is 0 Å². The number of aromatic nitrogens is 2. The number of fused-ring (bicyclic) bond motifs is 3. The van der Waals surface area contributed by atoms with Crippen LogP contribution in [0.25, 0.3) is 21.8 Å². The molecular formula is C24H36N6. The van der Waals surface area contributed by atoms with Gasteiger partial charge in [0, 0.05) is 35.2 Å². The molecule has 2 aromatic heterocycles. The van der Waals surface area contributed by atoms with Crippen LogP contribution >= 0.6 is 0 Å². The normalized spacial score (nSPS) is 11.7. The third-order valence-electron chi connectivity index (χ3n) is 5.28. The lowest BCUT2D eigenvalue weighted by molar-refractivity contribution is 0.405. The van der Waals surface area contributed by atoms with Crippen molar-refractivity contribution < 1.29 is 0 Å². The highest BCUT2D eigenvalue weighted by Gasteiger charge is 2.11. The van der Waals surface area contributed by atoms with E-state index in [1.54, 1.807) is 0 Å². The first-order valence-corrected chi connectivity index (χ1v) is 10.8. The van der Waals surface area contributed by atoms with Crippen LogP contribution in [0.3, 0.4) is 0 Å². The molecule has 2 heterocycles. The second-order valence-electron chi connectivity index (χ2n) is 8.63. The van der Waals surface area contributed by atoms with Crippen LogP contribution in [0, 0.1) is 13.8 Å².